The van der Waals surface area contributed by atoms with E-state index in [1.807, 2.05) is 19.1 Å². The first-order chi connectivity index (χ1) is 18.5. The molecule has 0 radical (unpaired) electrons. The highest BCUT2D eigenvalue weighted by atomic mass is 31.2. The van der Waals surface area contributed by atoms with Crippen molar-refractivity contribution in [2.24, 2.45) is 5.92 Å². The van der Waals surface area contributed by atoms with Gasteiger partial charge in [-0.05, 0) is 54.4 Å². The molecular weight excluding hydrogens is 517 g/mol. The Morgan fingerprint density at radius 2 is 1.64 bits per heavy atom. The summed E-state index contributed by atoms with van der Waals surface area (Å²) in [5.41, 5.74) is 3.53. The largest absolute Gasteiger partial charge is 0.810 e. The number of rotatable bonds is 10. The molecule has 4 rings (SSSR count). The van der Waals surface area contributed by atoms with Crippen molar-refractivity contribution in [2.45, 2.75) is 76.7 Å². The van der Waals surface area contributed by atoms with Crippen LogP contribution in [0.5, 0.6) is 0 Å². The molecule has 0 aromatic heterocycles. The van der Waals surface area contributed by atoms with E-state index in [9.17, 15) is 28.7 Å². The van der Waals surface area contributed by atoms with Crippen LogP contribution in [0.3, 0.4) is 0 Å². The Bertz CT molecular complexity index is 1220. The van der Waals surface area contributed by atoms with Crippen LogP contribution >= 0.6 is 7.60 Å². The maximum Gasteiger partial charge on any atom is 0.246 e. The molecule has 1 aliphatic heterocycles. The second-order valence-electron chi connectivity index (χ2n) is 10.7. The minimum absolute atomic E-state index is 0.00887. The van der Waals surface area contributed by atoms with Crippen LogP contribution in [-0.2, 0) is 44.4 Å². The summed E-state index contributed by atoms with van der Waals surface area (Å²) in [5.74, 6) is -1.01. The third kappa shape index (κ3) is 7.56. The number of hydrogen-bond acceptors (Lipinski definition) is 6. The molecular formula is C29H36N3O6P-2. The van der Waals surface area contributed by atoms with E-state index in [1.165, 1.54) is 11.1 Å². The van der Waals surface area contributed by atoms with Gasteiger partial charge in [-0.15, -0.1) is 0 Å². The van der Waals surface area contributed by atoms with E-state index in [0.29, 0.717) is 36.9 Å². The van der Waals surface area contributed by atoms with Crippen molar-refractivity contribution in [3.05, 3.63) is 70.8 Å². The van der Waals surface area contributed by atoms with Crippen molar-refractivity contribution in [2.75, 3.05) is 6.54 Å². The number of carbonyl (C=O) groups is 3. The molecule has 1 saturated heterocycles. The van der Waals surface area contributed by atoms with Crippen LogP contribution < -0.4 is 20.4 Å². The van der Waals surface area contributed by atoms with Crippen molar-refractivity contribution < 1.29 is 28.7 Å². The maximum atomic E-state index is 13.8. The van der Waals surface area contributed by atoms with Gasteiger partial charge in [0.2, 0.25) is 17.7 Å². The van der Waals surface area contributed by atoms with Crippen molar-refractivity contribution in [3.63, 3.8) is 0 Å². The van der Waals surface area contributed by atoms with Gasteiger partial charge in [0, 0.05) is 31.1 Å². The van der Waals surface area contributed by atoms with Crippen LogP contribution in [-0.4, -0.2) is 47.3 Å². The summed E-state index contributed by atoms with van der Waals surface area (Å²) in [7, 11) is -4.69. The van der Waals surface area contributed by atoms with Crippen molar-refractivity contribution in [1.29, 1.82) is 0 Å². The maximum absolute atomic E-state index is 13.8. The van der Waals surface area contributed by atoms with Gasteiger partial charge >= 0.3 is 0 Å². The zero-order valence-corrected chi connectivity index (χ0v) is 23.3. The number of nitrogens with one attached hydrogen (secondary N) is 2. The number of carbonyl (C=O) groups excluding carboxylic acids is 3. The third-order valence-corrected chi connectivity index (χ3v) is 8.50. The monoisotopic (exact) mass is 553 g/mol. The zero-order valence-electron chi connectivity index (χ0n) is 22.4. The average Bonchev–Trinajstić information content (AvgIpc) is 3.54. The van der Waals surface area contributed by atoms with Crippen LogP contribution in [0.1, 0.15) is 55.4 Å². The molecule has 2 aromatic carbocycles. The van der Waals surface area contributed by atoms with Crippen LogP contribution in [0, 0.1) is 5.92 Å². The van der Waals surface area contributed by atoms with Gasteiger partial charge < -0.3 is 29.9 Å². The molecule has 0 unspecified atom stereocenters. The Labute approximate surface area is 229 Å². The Hall–Kier alpha value is -3.00. The van der Waals surface area contributed by atoms with Crippen LogP contribution in [0.25, 0.3) is 0 Å². The molecule has 1 aliphatic carbocycles. The number of nitrogens with zero attached hydrogens (tertiary/aromatic N) is 1. The number of benzene rings is 2. The van der Waals surface area contributed by atoms with Gasteiger partial charge in [-0.3, -0.25) is 14.4 Å². The van der Waals surface area contributed by atoms with E-state index in [2.05, 4.69) is 22.8 Å². The lowest BCUT2D eigenvalue weighted by atomic mass is 10.0. The minimum Gasteiger partial charge on any atom is -0.810 e. The third-order valence-electron chi connectivity index (χ3n) is 7.75. The first-order valence-electron chi connectivity index (χ1n) is 13.6. The minimum atomic E-state index is -4.69. The van der Waals surface area contributed by atoms with Crippen LogP contribution in [0.15, 0.2) is 48.5 Å². The molecule has 39 heavy (non-hydrogen) atoms. The molecule has 0 bridgehead atoms. The van der Waals surface area contributed by atoms with Gasteiger partial charge in [-0.25, -0.2) is 0 Å². The van der Waals surface area contributed by atoms with E-state index in [0.717, 1.165) is 12.8 Å². The predicted octanol–water partition coefficient (Wildman–Crippen LogP) is 1.45. The lowest BCUT2D eigenvalue weighted by Gasteiger charge is -2.30. The van der Waals surface area contributed by atoms with E-state index in [4.69, 9.17) is 0 Å². The van der Waals surface area contributed by atoms with Crippen LogP contribution in [0.4, 0.5) is 0 Å². The van der Waals surface area contributed by atoms with Gasteiger partial charge in [0.05, 0.1) is 0 Å². The molecule has 210 valence electrons. The standard InChI is InChI=1S/C29H38N3O6P/c1-3-19(2)27(33)31-25(15-20-10-12-21(13-11-20)18-39(36,37)38)29(35)32-14-6-9-26(32)28(34)30-24-16-22-7-4-5-8-23(22)17-24/h4-5,7-8,10-13,19,24-26H,3,6,9,14-18H2,1-2H3,(H,30,34)(H,31,33)(H2,36,37,38)/p-2/t19-,25+,26+/m1/s1. The quantitative estimate of drug-likeness (QED) is 0.427. The Kier molecular flexibility index (Phi) is 9.26. The topological polar surface area (TPSA) is 142 Å². The molecule has 1 fully saturated rings. The smallest absolute Gasteiger partial charge is 0.246 e. The molecule has 9 nitrogen and oxygen atoms in total. The summed E-state index contributed by atoms with van der Waals surface area (Å²) in [6.45, 7) is 4.12. The Morgan fingerprint density at radius 1 is 1.03 bits per heavy atom. The second kappa shape index (κ2) is 12.5. The first kappa shape index (κ1) is 29.0. The number of fused-ring (bicyclic) bond motifs is 1. The number of likely N-dealkylation sites (tertiary alicyclic amines) is 1. The molecule has 3 atom stereocenters. The van der Waals surface area contributed by atoms with Gasteiger partial charge in [0.15, 0.2) is 0 Å². The van der Waals surface area contributed by atoms with Gasteiger partial charge in [0.25, 0.3) is 0 Å². The first-order valence-corrected chi connectivity index (χ1v) is 15.3. The lowest BCUT2D eigenvalue weighted by Crippen LogP contribution is -2.55. The lowest BCUT2D eigenvalue weighted by molar-refractivity contribution is -0.314. The fraction of sp³-hybridized carbons (Fsp3) is 0.483. The Balaban J connectivity index is 1.46. The summed E-state index contributed by atoms with van der Waals surface area (Å²) >= 11 is 0. The normalized spacial score (nSPS) is 18.9. The summed E-state index contributed by atoms with van der Waals surface area (Å²) < 4.78 is 11.1. The van der Waals surface area contributed by atoms with E-state index in [-0.39, 0.29) is 36.1 Å². The molecule has 2 N–H and O–H groups in total. The van der Waals surface area contributed by atoms with Crippen molar-refractivity contribution >= 4 is 25.3 Å². The molecule has 10 heteroatoms. The Morgan fingerprint density at radius 3 is 2.23 bits per heavy atom. The highest BCUT2D eigenvalue weighted by Gasteiger charge is 2.39. The fourth-order valence-electron chi connectivity index (χ4n) is 5.40. The molecule has 3 amide bonds. The number of amides is 3. The summed E-state index contributed by atoms with van der Waals surface area (Å²) in [5, 5.41) is 6.02. The molecule has 0 saturated carbocycles. The summed E-state index contributed by atoms with van der Waals surface area (Å²) in [4.78, 5) is 63.7. The van der Waals surface area contributed by atoms with Crippen molar-refractivity contribution in [1.82, 2.24) is 15.5 Å². The fourth-order valence-corrected chi connectivity index (χ4v) is 6.06. The van der Waals surface area contributed by atoms with Crippen molar-refractivity contribution in [3.8, 4) is 0 Å². The zero-order chi connectivity index (χ0) is 28.2. The molecule has 2 aromatic rings. The molecule has 1 heterocycles. The highest BCUT2D eigenvalue weighted by Crippen LogP contribution is 2.29. The summed E-state index contributed by atoms with van der Waals surface area (Å²) in [6.07, 6.45) is 2.99. The molecule has 0 spiro atoms. The van der Waals surface area contributed by atoms with Gasteiger partial charge in [-0.2, -0.15) is 0 Å². The van der Waals surface area contributed by atoms with Crippen LogP contribution in [0.2, 0.25) is 0 Å². The average molecular weight is 554 g/mol. The second-order valence-corrected chi connectivity index (χ2v) is 12.3. The van der Waals surface area contributed by atoms with E-state index < -0.39 is 25.8 Å². The highest BCUT2D eigenvalue weighted by molar-refractivity contribution is 7.47. The van der Waals surface area contributed by atoms with E-state index in [1.54, 1.807) is 36.1 Å². The van der Waals surface area contributed by atoms with Gasteiger partial charge in [-0.1, -0.05) is 70.0 Å². The van der Waals surface area contributed by atoms with E-state index >= 15 is 0 Å². The summed E-state index contributed by atoms with van der Waals surface area (Å²) in [6, 6.07) is 13.0. The SMILES string of the molecule is CC[C@@H](C)C(=O)N[C@@H](Cc1ccc(CP(=O)([O-])[O-])cc1)C(=O)N1CCC[C@H]1C(=O)NC1Cc2ccccc2C1. The van der Waals surface area contributed by atoms with Gasteiger partial charge in [0.1, 0.15) is 12.1 Å². The number of hydrogen-bond donors (Lipinski definition) is 2. The molecule has 2 aliphatic rings. The predicted molar refractivity (Wildman–Crippen MR) is 143 cm³/mol.